The minimum atomic E-state index is -3.89. The first-order chi connectivity index (χ1) is 18.4. The highest BCUT2D eigenvalue weighted by Gasteiger charge is 2.29. The molecule has 1 atom stereocenters. The number of sulfonamides is 1. The maximum absolute atomic E-state index is 13.3. The van der Waals surface area contributed by atoms with Gasteiger partial charge in [-0.15, -0.1) is 0 Å². The van der Waals surface area contributed by atoms with Gasteiger partial charge in [-0.1, -0.05) is 54.1 Å². The number of carboxylic acid groups (broad SMARTS) is 1. The van der Waals surface area contributed by atoms with Crippen LogP contribution in [-0.2, 0) is 22.9 Å². The van der Waals surface area contributed by atoms with Gasteiger partial charge in [0.25, 0.3) is 0 Å². The number of carbonyl (C=O) groups is 1. The van der Waals surface area contributed by atoms with E-state index in [1.165, 1.54) is 42.4 Å². The van der Waals surface area contributed by atoms with Gasteiger partial charge in [-0.3, -0.25) is 0 Å². The van der Waals surface area contributed by atoms with Crippen molar-refractivity contribution in [3.63, 3.8) is 0 Å². The minimum Gasteiger partial charge on any atom is -0.478 e. The molecule has 0 heterocycles. The number of likely N-dealkylation sites (N-methyl/N-ethyl adjacent to an activating group) is 1. The van der Waals surface area contributed by atoms with Crippen LogP contribution in [0.15, 0.2) is 71.6 Å². The van der Waals surface area contributed by atoms with Gasteiger partial charge in [0.2, 0.25) is 10.0 Å². The number of hydrogen-bond acceptors (Lipinski definition) is 5. The molecular weight excluding hydrogens is 536 g/mol. The van der Waals surface area contributed by atoms with Crippen molar-refractivity contribution in [1.29, 1.82) is 0 Å². The number of β-amino-alcohol motifs (C(OH)–C–C–N with tert-alkyl or cyclic N) is 1. The van der Waals surface area contributed by atoms with E-state index in [4.69, 9.17) is 16.7 Å². The first kappa shape index (κ1) is 29.2. The molecule has 0 amide bonds. The van der Waals surface area contributed by atoms with Gasteiger partial charge in [0.15, 0.2) is 0 Å². The lowest BCUT2D eigenvalue weighted by Gasteiger charge is -2.31. The number of aliphatic hydroxyl groups excluding tert-OH is 1. The first-order valence-electron chi connectivity index (χ1n) is 13.0. The molecule has 3 aromatic rings. The first-order valence-corrected chi connectivity index (χ1v) is 14.8. The molecule has 1 aliphatic rings. The summed E-state index contributed by atoms with van der Waals surface area (Å²) in [6, 6.07) is 19.2. The smallest absolute Gasteiger partial charge is 0.335 e. The van der Waals surface area contributed by atoms with E-state index in [1.807, 2.05) is 0 Å². The molecule has 7 nitrogen and oxygen atoms in total. The van der Waals surface area contributed by atoms with Crippen molar-refractivity contribution in [2.75, 3.05) is 20.1 Å². The second kappa shape index (κ2) is 11.8. The molecule has 0 saturated heterocycles. The number of rotatable bonds is 11. The molecule has 39 heavy (non-hydrogen) atoms. The zero-order valence-electron chi connectivity index (χ0n) is 22.4. The lowest BCUT2D eigenvalue weighted by atomic mass is 9.88. The molecule has 3 aromatic carbocycles. The second-order valence-corrected chi connectivity index (χ2v) is 13.4. The summed E-state index contributed by atoms with van der Waals surface area (Å²) in [6.07, 6.45) is 2.16. The number of aromatic carboxylic acids is 1. The molecule has 0 spiro atoms. The van der Waals surface area contributed by atoms with Crippen LogP contribution in [0.4, 0.5) is 0 Å². The van der Waals surface area contributed by atoms with Gasteiger partial charge in [-0.25, -0.2) is 13.2 Å². The number of aliphatic hydroxyl groups is 1. The SMILES string of the molecule is CN(C[C@H](O)CNC(C)(C)CC1Cc2ccccc2C1)S(=O)(=O)c1cccc(-c2ccc(C(=O)O)cc2Cl)c1. The number of halogens is 1. The highest BCUT2D eigenvalue weighted by molar-refractivity contribution is 7.89. The van der Waals surface area contributed by atoms with Crippen LogP contribution in [0.25, 0.3) is 11.1 Å². The molecule has 208 valence electrons. The molecule has 1 aliphatic carbocycles. The van der Waals surface area contributed by atoms with Crippen molar-refractivity contribution in [1.82, 2.24) is 9.62 Å². The van der Waals surface area contributed by atoms with Crippen LogP contribution in [0.5, 0.6) is 0 Å². The van der Waals surface area contributed by atoms with E-state index in [2.05, 4.69) is 43.4 Å². The average Bonchev–Trinajstić information content (AvgIpc) is 3.29. The van der Waals surface area contributed by atoms with E-state index in [-0.39, 0.29) is 34.1 Å². The molecule has 3 N–H and O–H groups in total. The predicted molar refractivity (Wildman–Crippen MR) is 154 cm³/mol. The predicted octanol–water partition coefficient (Wildman–Crippen LogP) is 4.86. The Morgan fingerprint density at radius 3 is 2.36 bits per heavy atom. The third kappa shape index (κ3) is 7.07. The molecule has 4 rings (SSSR count). The number of fused-ring (bicyclic) bond motifs is 1. The second-order valence-electron chi connectivity index (χ2n) is 11.0. The normalized spacial score (nSPS) is 14.9. The molecule has 0 aliphatic heterocycles. The van der Waals surface area contributed by atoms with E-state index in [0.717, 1.165) is 23.6 Å². The summed E-state index contributed by atoms with van der Waals surface area (Å²) in [6.45, 7) is 4.42. The maximum Gasteiger partial charge on any atom is 0.335 e. The number of hydrogen-bond donors (Lipinski definition) is 3. The van der Waals surface area contributed by atoms with Crippen molar-refractivity contribution in [2.45, 2.75) is 49.6 Å². The zero-order valence-corrected chi connectivity index (χ0v) is 24.0. The van der Waals surface area contributed by atoms with E-state index in [1.54, 1.807) is 18.2 Å². The molecule has 0 radical (unpaired) electrons. The quantitative estimate of drug-likeness (QED) is 0.304. The van der Waals surface area contributed by atoms with E-state index >= 15 is 0 Å². The lowest BCUT2D eigenvalue weighted by molar-refractivity contribution is 0.0697. The van der Waals surface area contributed by atoms with Gasteiger partial charge in [0, 0.05) is 36.3 Å². The zero-order chi connectivity index (χ0) is 28.4. The van der Waals surface area contributed by atoms with Crippen LogP contribution in [0.1, 0.15) is 41.8 Å². The topological polar surface area (TPSA) is 107 Å². The summed E-state index contributed by atoms with van der Waals surface area (Å²) in [5.74, 6) is -0.562. The molecule has 0 unspecified atom stereocenters. The largest absolute Gasteiger partial charge is 0.478 e. The number of nitrogens with zero attached hydrogens (tertiary/aromatic N) is 1. The summed E-state index contributed by atoms with van der Waals surface area (Å²) in [5.41, 5.74) is 3.73. The molecule has 0 saturated carbocycles. The average molecular weight is 571 g/mol. The minimum absolute atomic E-state index is 0.0476. The third-order valence-corrected chi connectivity index (χ3v) is 9.42. The van der Waals surface area contributed by atoms with E-state index in [9.17, 15) is 18.3 Å². The Hall–Kier alpha value is -2.75. The Balaban J connectivity index is 1.36. The van der Waals surface area contributed by atoms with Crippen molar-refractivity contribution in [2.24, 2.45) is 5.92 Å². The highest BCUT2D eigenvalue weighted by Crippen LogP contribution is 2.32. The standard InChI is InChI=1S/C30H35ClN2O5S/c1-30(2,17-20-13-21-7-4-5-8-22(21)14-20)32-18-25(34)19-33(3)39(37,38)26-10-6-9-23(15-26)27-12-11-24(29(35)36)16-28(27)31/h4-12,15-16,20,25,32,34H,13-14,17-19H2,1-3H3,(H,35,36)/t25-/m1/s1. The summed E-state index contributed by atoms with van der Waals surface area (Å²) in [5, 5.41) is 23.5. The molecule has 9 heteroatoms. The summed E-state index contributed by atoms with van der Waals surface area (Å²) in [4.78, 5) is 11.3. The van der Waals surface area contributed by atoms with Crippen LogP contribution in [-0.4, -0.2) is 60.7 Å². The highest BCUT2D eigenvalue weighted by atomic mass is 35.5. The molecule has 0 fully saturated rings. The van der Waals surface area contributed by atoms with Gasteiger partial charge in [-0.2, -0.15) is 4.31 Å². The molecule has 0 bridgehead atoms. The Kier molecular flexibility index (Phi) is 8.83. The molecular formula is C30H35ClN2O5S. The summed E-state index contributed by atoms with van der Waals surface area (Å²) >= 11 is 6.29. The molecule has 0 aromatic heterocycles. The van der Waals surface area contributed by atoms with E-state index < -0.39 is 22.1 Å². The maximum atomic E-state index is 13.3. The Bertz CT molecular complexity index is 1430. The van der Waals surface area contributed by atoms with Crippen molar-refractivity contribution in [3.05, 3.63) is 88.4 Å². The van der Waals surface area contributed by atoms with Crippen molar-refractivity contribution >= 4 is 27.6 Å². The lowest BCUT2D eigenvalue weighted by Crippen LogP contribution is -2.47. The monoisotopic (exact) mass is 570 g/mol. The fraction of sp³-hybridized carbons (Fsp3) is 0.367. The Morgan fingerprint density at radius 2 is 1.74 bits per heavy atom. The van der Waals surface area contributed by atoms with Gasteiger partial charge >= 0.3 is 5.97 Å². The van der Waals surface area contributed by atoms with Crippen molar-refractivity contribution in [3.8, 4) is 11.1 Å². The Morgan fingerprint density at radius 1 is 1.08 bits per heavy atom. The number of carboxylic acids is 1. The van der Waals surface area contributed by atoms with Crippen LogP contribution in [0.3, 0.4) is 0 Å². The van der Waals surface area contributed by atoms with Gasteiger partial charge in [0.05, 0.1) is 16.6 Å². The fourth-order valence-electron chi connectivity index (χ4n) is 5.33. The van der Waals surface area contributed by atoms with Gasteiger partial charge in [0.1, 0.15) is 0 Å². The Labute approximate surface area is 235 Å². The fourth-order valence-corrected chi connectivity index (χ4v) is 6.87. The summed E-state index contributed by atoms with van der Waals surface area (Å²) < 4.78 is 27.8. The summed E-state index contributed by atoms with van der Waals surface area (Å²) in [7, 11) is -2.45. The van der Waals surface area contributed by atoms with Crippen LogP contribution < -0.4 is 5.32 Å². The number of benzene rings is 3. The van der Waals surface area contributed by atoms with Gasteiger partial charge < -0.3 is 15.5 Å². The van der Waals surface area contributed by atoms with Gasteiger partial charge in [-0.05, 0) is 80.0 Å². The van der Waals surface area contributed by atoms with Crippen molar-refractivity contribution < 1.29 is 23.4 Å². The van der Waals surface area contributed by atoms with Crippen LogP contribution >= 0.6 is 11.6 Å². The number of nitrogens with one attached hydrogen (secondary N) is 1. The third-order valence-electron chi connectivity index (χ3n) is 7.29. The van der Waals surface area contributed by atoms with Crippen LogP contribution in [0.2, 0.25) is 5.02 Å². The van der Waals surface area contributed by atoms with E-state index in [0.29, 0.717) is 17.0 Å². The van der Waals surface area contributed by atoms with Crippen LogP contribution in [0, 0.1) is 5.92 Å².